The van der Waals surface area contributed by atoms with Crippen molar-refractivity contribution < 1.29 is 13.9 Å². The minimum atomic E-state index is -0.432. The molecule has 0 spiro atoms. The number of fused-ring (bicyclic) bond motifs is 1. The minimum absolute atomic E-state index is 0.0920. The summed E-state index contributed by atoms with van der Waals surface area (Å²) < 4.78 is 20.9. The van der Waals surface area contributed by atoms with E-state index < -0.39 is 6.10 Å². The average Bonchev–Trinajstić information content (AvgIpc) is 3.07. The Morgan fingerprint density at radius 2 is 1.91 bits per heavy atom. The number of piperidine rings is 1. The Hall–Kier alpha value is -3.25. The van der Waals surface area contributed by atoms with Crippen LogP contribution in [0.5, 0.6) is 5.75 Å². The van der Waals surface area contributed by atoms with Gasteiger partial charge in [0, 0.05) is 56.1 Å². The van der Waals surface area contributed by atoms with Crippen LogP contribution >= 0.6 is 0 Å². The molecule has 2 aliphatic heterocycles. The van der Waals surface area contributed by atoms with Gasteiger partial charge >= 0.3 is 0 Å². The van der Waals surface area contributed by atoms with Crippen molar-refractivity contribution in [3.8, 4) is 5.75 Å². The Morgan fingerprint density at radius 3 is 2.76 bits per heavy atom. The van der Waals surface area contributed by atoms with Crippen molar-refractivity contribution in [1.82, 2.24) is 14.8 Å². The van der Waals surface area contributed by atoms with Crippen LogP contribution < -0.4 is 4.74 Å². The third kappa shape index (κ3) is 4.97. The normalized spacial score (nSPS) is 20.8. The molecule has 0 N–H and O–H groups in total. The van der Waals surface area contributed by atoms with Gasteiger partial charge in [0.05, 0.1) is 6.04 Å². The molecule has 1 saturated heterocycles. The summed E-state index contributed by atoms with van der Waals surface area (Å²) in [5.41, 5.74) is 2.70. The van der Waals surface area contributed by atoms with Crippen LogP contribution in [-0.2, 0) is 11.3 Å². The van der Waals surface area contributed by atoms with E-state index in [9.17, 15) is 9.18 Å². The highest BCUT2D eigenvalue weighted by molar-refractivity contribution is 5.77. The first-order valence-corrected chi connectivity index (χ1v) is 12.1. The van der Waals surface area contributed by atoms with Crippen molar-refractivity contribution in [2.24, 2.45) is 0 Å². The molecule has 3 heterocycles. The molecular formula is C28H30FN3O2. The third-order valence-electron chi connectivity index (χ3n) is 6.85. The molecule has 3 aromatic rings. The van der Waals surface area contributed by atoms with Gasteiger partial charge in [-0.15, -0.1) is 0 Å². The highest BCUT2D eigenvalue weighted by Crippen LogP contribution is 2.33. The number of likely N-dealkylation sites (tertiary alicyclic amines) is 1. The predicted octanol–water partition coefficient (Wildman–Crippen LogP) is 5.30. The molecule has 5 rings (SSSR count). The summed E-state index contributed by atoms with van der Waals surface area (Å²) in [4.78, 5) is 21.8. The number of hydrogen-bond donors (Lipinski definition) is 0. The number of para-hydroxylation sites is 1. The number of hydrogen-bond acceptors (Lipinski definition) is 4. The van der Waals surface area contributed by atoms with E-state index in [4.69, 9.17) is 4.74 Å². The molecule has 5 nitrogen and oxygen atoms in total. The van der Waals surface area contributed by atoms with E-state index in [-0.39, 0.29) is 17.8 Å². The van der Waals surface area contributed by atoms with Gasteiger partial charge in [-0.05, 0) is 43.0 Å². The largest absolute Gasteiger partial charge is 0.484 e. The molecule has 1 amide bonds. The van der Waals surface area contributed by atoms with Crippen LogP contribution in [0.4, 0.5) is 4.39 Å². The number of nitrogens with zero attached hydrogens (tertiary/aromatic N) is 3. The summed E-state index contributed by atoms with van der Waals surface area (Å²) in [6.45, 7) is 2.56. The summed E-state index contributed by atoms with van der Waals surface area (Å²) in [7, 11) is 0. The van der Waals surface area contributed by atoms with Crippen LogP contribution in [-0.4, -0.2) is 40.3 Å². The lowest BCUT2D eigenvalue weighted by Gasteiger charge is -2.36. The first-order valence-electron chi connectivity index (χ1n) is 12.1. The zero-order valence-corrected chi connectivity index (χ0v) is 19.3. The van der Waals surface area contributed by atoms with Crippen molar-refractivity contribution in [2.45, 2.75) is 44.4 Å². The van der Waals surface area contributed by atoms with E-state index >= 15 is 0 Å². The van der Waals surface area contributed by atoms with Crippen molar-refractivity contribution in [3.05, 3.63) is 95.6 Å². The van der Waals surface area contributed by atoms with Crippen molar-refractivity contribution in [1.29, 1.82) is 0 Å². The van der Waals surface area contributed by atoms with Gasteiger partial charge in [0.25, 0.3) is 0 Å². The van der Waals surface area contributed by atoms with E-state index in [0.29, 0.717) is 31.6 Å². The van der Waals surface area contributed by atoms with Gasteiger partial charge in [-0.2, -0.15) is 0 Å². The monoisotopic (exact) mass is 459 g/mol. The highest BCUT2D eigenvalue weighted by Gasteiger charge is 2.30. The Morgan fingerprint density at radius 1 is 1.06 bits per heavy atom. The average molecular weight is 460 g/mol. The summed E-state index contributed by atoms with van der Waals surface area (Å²) in [5.74, 6) is 0.669. The molecule has 6 heteroatoms. The number of benzene rings is 2. The number of carbonyl (C=O) groups is 1. The van der Waals surface area contributed by atoms with Crippen molar-refractivity contribution >= 4 is 5.91 Å². The molecule has 0 radical (unpaired) electrons. The van der Waals surface area contributed by atoms with Gasteiger partial charge in [0.2, 0.25) is 5.91 Å². The molecular weight excluding hydrogens is 429 g/mol. The van der Waals surface area contributed by atoms with Crippen LogP contribution in [0.15, 0.2) is 73.1 Å². The second-order valence-electron chi connectivity index (χ2n) is 9.11. The Labute approximate surface area is 200 Å². The van der Waals surface area contributed by atoms with Gasteiger partial charge < -0.3 is 9.64 Å². The number of pyridine rings is 1. The number of halogens is 1. The number of carbonyl (C=O) groups excluding carboxylic acids is 1. The van der Waals surface area contributed by atoms with Gasteiger partial charge in [-0.3, -0.25) is 14.7 Å². The lowest BCUT2D eigenvalue weighted by molar-refractivity contribution is -0.135. The fraction of sp³-hybridized carbons (Fsp3) is 0.357. The Bertz CT molecular complexity index is 1120. The molecule has 0 unspecified atom stereocenters. The predicted molar refractivity (Wildman–Crippen MR) is 129 cm³/mol. The van der Waals surface area contributed by atoms with E-state index in [0.717, 1.165) is 42.7 Å². The van der Waals surface area contributed by atoms with Crippen LogP contribution in [0.25, 0.3) is 0 Å². The second-order valence-corrected chi connectivity index (χ2v) is 9.11. The molecule has 2 aliphatic rings. The molecule has 0 saturated carbocycles. The lowest BCUT2D eigenvalue weighted by atomic mass is 9.96. The van der Waals surface area contributed by atoms with E-state index in [1.165, 1.54) is 6.07 Å². The zero-order valence-electron chi connectivity index (χ0n) is 19.3. The van der Waals surface area contributed by atoms with E-state index in [2.05, 4.69) is 16.0 Å². The molecule has 0 aliphatic carbocycles. The summed E-state index contributed by atoms with van der Waals surface area (Å²) in [6, 6.07) is 18.8. The Kier molecular flexibility index (Phi) is 6.86. The maximum atomic E-state index is 14.6. The maximum absolute atomic E-state index is 14.6. The SMILES string of the molecule is O=C(CCN1Cc2ccccc2O[C@@H](c2ccccc2F)C1)N1CCCC[C@H]1c1cccnc1. The second kappa shape index (κ2) is 10.3. The summed E-state index contributed by atoms with van der Waals surface area (Å²) >= 11 is 0. The molecule has 2 atom stereocenters. The molecule has 34 heavy (non-hydrogen) atoms. The van der Waals surface area contributed by atoms with E-state index in [1.54, 1.807) is 18.3 Å². The molecule has 0 bridgehead atoms. The minimum Gasteiger partial charge on any atom is -0.484 e. The van der Waals surface area contributed by atoms with Crippen LogP contribution in [0, 0.1) is 5.82 Å². The van der Waals surface area contributed by atoms with Crippen LogP contribution in [0.3, 0.4) is 0 Å². The highest BCUT2D eigenvalue weighted by atomic mass is 19.1. The van der Waals surface area contributed by atoms with Gasteiger partial charge in [-0.25, -0.2) is 4.39 Å². The van der Waals surface area contributed by atoms with Gasteiger partial charge in [-0.1, -0.05) is 42.5 Å². The summed E-state index contributed by atoms with van der Waals surface area (Å²) in [5, 5.41) is 0. The van der Waals surface area contributed by atoms with Crippen molar-refractivity contribution in [2.75, 3.05) is 19.6 Å². The van der Waals surface area contributed by atoms with Crippen LogP contribution in [0.2, 0.25) is 0 Å². The smallest absolute Gasteiger partial charge is 0.224 e. The third-order valence-corrected chi connectivity index (χ3v) is 6.85. The number of rotatable bonds is 5. The number of ether oxygens (including phenoxy) is 1. The molecule has 176 valence electrons. The van der Waals surface area contributed by atoms with Crippen molar-refractivity contribution in [3.63, 3.8) is 0 Å². The van der Waals surface area contributed by atoms with Crippen LogP contribution in [0.1, 0.15) is 54.5 Å². The lowest BCUT2D eigenvalue weighted by Crippen LogP contribution is -2.40. The molecule has 1 fully saturated rings. The molecule has 1 aromatic heterocycles. The fourth-order valence-electron chi connectivity index (χ4n) is 5.10. The van der Waals surface area contributed by atoms with E-state index in [1.807, 2.05) is 47.5 Å². The topological polar surface area (TPSA) is 45.7 Å². The number of amides is 1. The molecule has 2 aromatic carbocycles. The first kappa shape index (κ1) is 22.5. The number of aromatic nitrogens is 1. The zero-order chi connectivity index (χ0) is 23.3. The maximum Gasteiger partial charge on any atom is 0.224 e. The standard InChI is InChI=1S/C28H30FN3O2/c29-24-11-3-2-10-23(24)27-20-31(19-22-8-1-4-13-26(22)34-27)17-14-28(33)32-16-6-5-12-25(32)21-9-7-15-30-18-21/h1-4,7-11,13,15,18,25,27H,5-6,12,14,16-17,19-20H2/t25-,27+/m0/s1. The first-order chi connectivity index (χ1) is 16.7. The summed E-state index contributed by atoms with van der Waals surface area (Å²) in [6.07, 6.45) is 6.75. The van der Waals surface area contributed by atoms with Gasteiger partial charge in [0.1, 0.15) is 17.7 Å². The van der Waals surface area contributed by atoms with Gasteiger partial charge in [0.15, 0.2) is 0 Å². The Balaban J connectivity index is 1.32. The fourth-order valence-corrected chi connectivity index (χ4v) is 5.10. The quantitative estimate of drug-likeness (QED) is 0.519.